The van der Waals surface area contributed by atoms with Crippen molar-refractivity contribution in [3.8, 4) is 0 Å². The van der Waals surface area contributed by atoms with Crippen LogP contribution in [0.4, 0.5) is 0 Å². The molecule has 1 rings (SSSR count). The largest absolute Gasteiger partial charge is 0.380 e. The van der Waals surface area contributed by atoms with Gasteiger partial charge in [-0.1, -0.05) is 13.8 Å². The summed E-state index contributed by atoms with van der Waals surface area (Å²) >= 11 is 0. The van der Waals surface area contributed by atoms with Crippen molar-refractivity contribution in [3.63, 3.8) is 0 Å². The normalized spacial score (nSPS) is 24.8. The lowest BCUT2D eigenvalue weighted by molar-refractivity contribution is 0.0702. The molecule has 0 bridgehead atoms. The first kappa shape index (κ1) is 10.0. The predicted octanol–water partition coefficient (Wildman–Crippen LogP) is 1.80. The third kappa shape index (κ3) is 4.07. The van der Waals surface area contributed by atoms with Crippen LogP contribution in [-0.2, 0) is 4.74 Å². The first-order chi connectivity index (χ1) is 5.79. The van der Waals surface area contributed by atoms with E-state index in [-0.39, 0.29) is 0 Å². The Bertz CT molecular complexity index is 108. The second-order valence-corrected chi connectivity index (χ2v) is 4.05. The maximum Gasteiger partial charge on any atom is 0.0619 e. The highest BCUT2D eigenvalue weighted by Crippen LogP contribution is 2.06. The van der Waals surface area contributed by atoms with Gasteiger partial charge < -0.3 is 10.1 Å². The Morgan fingerprint density at radius 1 is 1.50 bits per heavy atom. The topological polar surface area (TPSA) is 21.3 Å². The van der Waals surface area contributed by atoms with E-state index in [9.17, 15) is 0 Å². The van der Waals surface area contributed by atoms with E-state index < -0.39 is 0 Å². The Kier molecular flexibility index (Phi) is 4.62. The Morgan fingerprint density at radius 3 is 2.92 bits per heavy atom. The summed E-state index contributed by atoms with van der Waals surface area (Å²) in [5, 5.41) is 3.53. The molecule has 12 heavy (non-hydrogen) atoms. The third-order valence-corrected chi connectivity index (χ3v) is 2.31. The van der Waals surface area contributed by atoms with E-state index in [2.05, 4.69) is 19.2 Å². The number of hydrogen-bond donors (Lipinski definition) is 1. The van der Waals surface area contributed by atoms with E-state index >= 15 is 0 Å². The van der Waals surface area contributed by atoms with Crippen molar-refractivity contribution in [1.29, 1.82) is 0 Å². The lowest BCUT2D eigenvalue weighted by Gasteiger charge is -2.23. The lowest BCUT2D eigenvalue weighted by atomic mass is 10.1. The van der Waals surface area contributed by atoms with Crippen molar-refractivity contribution in [2.24, 2.45) is 5.92 Å². The number of hydrogen-bond acceptors (Lipinski definition) is 2. The molecule has 0 aromatic heterocycles. The van der Waals surface area contributed by atoms with Crippen LogP contribution < -0.4 is 5.32 Å². The molecule has 1 fully saturated rings. The summed E-state index contributed by atoms with van der Waals surface area (Å²) in [7, 11) is 0. The monoisotopic (exact) mass is 171 g/mol. The molecule has 1 N–H and O–H groups in total. The third-order valence-electron chi connectivity index (χ3n) is 2.31. The highest BCUT2D eigenvalue weighted by molar-refractivity contribution is 4.69. The quantitative estimate of drug-likeness (QED) is 0.696. The Balaban J connectivity index is 1.98. The molecule has 0 radical (unpaired) electrons. The fraction of sp³-hybridized carbons (Fsp3) is 1.00. The van der Waals surface area contributed by atoms with Crippen LogP contribution in [0, 0.1) is 5.92 Å². The molecule has 0 aromatic rings. The molecular formula is C10H21NO. The first-order valence-electron chi connectivity index (χ1n) is 5.10. The second-order valence-electron chi connectivity index (χ2n) is 4.05. The van der Waals surface area contributed by atoms with Crippen molar-refractivity contribution in [2.45, 2.75) is 39.2 Å². The van der Waals surface area contributed by atoms with E-state index in [1.165, 1.54) is 19.3 Å². The molecule has 0 aromatic carbocycles. The van der Waals surface area contributed by atoms with Gasteiger partial charge in [-0.15, -0.1) is 0 Å². The summed E-state index contributed by atoms with van der Waals surface area (Å²) in [5.41, 5.74) is 0. The fourth-order valence-electron chi connectivity index (χ4n) is 1.48. The van der Waals surface area contributed by atoms with Crippen molar-refractivity contribution < 1.29 is 4.74 Å². The number of rotatable bonds is 4. The Morgan fingerprint density at radius 2 is 2.33 bits per heavy atom. The van der Waals surface area contributed by atoms with Crippen molar-refractivity contribution >= 4 is 0 Å². The highest BCUT2D eigenvalue weighted by atomic mass is 16.5. The smallest absolute Gasteiger partial charge is 0.0619 e. The minimum absolute atomic E-state index is 0.623. The van der Waals surface area contributed by atoms with Crippen molar-refractivity contribution in [2.75, 3.05) is 19.8 Å². The Hall–Kier alpha value is -0.0800. The lowest BCUT2D eigenvalue weighted by Crippen LogP contribution is -2.37. The van der Waals surface area contributed by atoms with E-state index in [0.717, 1.165) is 25.7 Å². The first-order valence-corrected chi connectivity index (χ1v) is 5.10. The summed E-state index contributed by atoms with van der Waals surface area (Å²) in [6.45, 7) is 7.55. The zero-order valence-corrected chi connectivity index (χ0v) is 8.31. The van der Waals surface area contributed by atoms with Crippen LogP contribution in [0.5, 0.6) is 0 Å². The average molecular weight is 171 g/mol. The van der Waals surface area contributed by atoms with Gasteiger partial charge in [0.25, 0.3) is 0 Å². The van der Waals surface area contributed by atoms with Crippen LogP contribution in [0.3, 0.4) is 0 Å². The number of nitrogens with one attached hydrogen (secondary N) is 1. The molecule has 72 valence electrons. The molecule has 0 saturated carbocycles. The van der Waals surface area contributed by atoms with Crippen LogP contribution in [0.25, 0.3) is 0 Å². The second kappa shape index (κ2) is 5.55. The van der Waals surface area contributed by atoms with Gasteiger partial charge in [-0.2, -0.15) is 0 Å². The molecule has 2 nitrogen and oxygen atoms in total. The van der Waals surface area contributed by atoms with Crippen molar-refractivity contribution in [3.05, 3.63) is 0 Å². The molecule has 0 aliphatic carbocycles. The number of ether oxygens (including phenoxy) is 1. The molecular weight excluding hydrogens is 150 g/mol. The van der Waals surface area contributed by atoms with E-state index in [1.54, 1.807) is 0 Å². The SMILES string of the molecule is CC(C)CCN[C@@H]1CCCOC1. The zero-order valence-electron chi connectivity index (χ0n) is 8.31. The molecule has 1 heterocycles. The predicted molar refractivity (Wildman–Crippen MR) is 51.3 cm³/mol. The Labute approximate surface area is 75.7 Å². The summed E-state index contributed by atoms with van der Waals surface area (Å²) in [4.78, 5) is 0. The van der Waals surface area contributed by atoms with Gasteiger partial charge in [-0.3, -0.25) is 0 Å². The van der Waals surface area contributed by atoms with Gasteiger partial charge >= 0.3 is 0 Å². The maximum atomic E-state index is 5.38. The van der Waals surface area contributed by atoms with Gasteiger partial charge in [0, 0.05) is 12.6 Å². The van der Waals surface area contributed by atoms with Crippen LogP contribution in [0.2, 0.25) is 0 Å². The van der Waals surface area contributed by atoms with Gasteiger partial charge in [0.2, 0.25) is 0 Å². The zero-order chi connectivity index (χ0) is 8.81. The molecule has 2 heteroatoms. The fourth-order valence-corrected chi connectivity index (χ4v) is 1.48. The van der Waals surface area contributed by atoms with Gasteiger partial charge in [-0.25, -0.2) is 0 Å². The standard InChI is InChI=1S/C10H21NO/c1-9(2)5-6-11-10-4-3-7-12-8-10/h9-11H,3-8H2,1-2H3/t10-/m1/s1. The molecule has 0 spiro atoms. The highest BCUT2D eigenvalue weighted by Gasteiger charge is 2.12. The van der Waals surface area contributed by atoms with Gasteiger partial charge in [-0.05, 0) is 31.7 Å². The van der Waals surface area contributed by atoms with Gasteiger partial charge in [0.1, 0.15) is 0 Å². The average Bonchev–Trinajstić information content (AvgIpc) is 2.05. The van der Waals surface area contributed by atoms with E-state index in [1.807, 2.05) is 0 Å². The van der Waals surface area contributed by atoms with Crippen LogP contribution in [0.1, 0.15) is 33.1 Å². The molecule has 1 aliphatic rings. The molecule has 1 saturated heterocycles. The maximum absolute atomic E-state index is 5.38. The minimum Gasteiger partial charge on any atom is -0.380 e. The summed E-state index contributed by atoms with van der Waals surface area (Å²) in [5.74, 6) is 0.807. The summed E-state index contributed by atoms with van der Waals surface area (Å²) < 4.78 is 5.38. The molecule has 1 aliphatic heterocycles. The van der Waals surface area contributed by atoms with Crippen molar-refractivity contribution in [1.82, 2.24) is 5.32 Å². The summed E-state index contributed by atoms with van der Waals surface area (Å²) in [6.07, 6.45) is 3.79. The molecule has 0 amide bonds. The molecule has 1 atom stereocenters. The van der Waals surface area contributed by atoms with E-state index in [0.29, 0.717) is 6.04 Å². The minimum atomic E-state index is 0.623. The summed E-state index contributed by atoms with van der Waals surface area (Å²) in [6, 6.07) is 0.623. The van der Waals surface area contributed by atoms with Gasteiger partial charge in [0.15, 0.2) is 0 Å². The van der Waals surface area contributed by atoms with Crippen LogP contribution in [0.15, 0.2) is 0 Å². The molecule has 0 unspecified atom stereocenters. The van der Waals surface area contributed by atoms with Crippen LogP contribution >= 0.6 is 0 Å². The van der Waals surface area contributed by atoms with Crippen LogP contribution in [-0.4, -0.2) is 25.8 Å². The van der Waals surface area contributed by atoms with Gasteiger partial charge in [0.05, 0.1) is 6.61 Å². The van der Waals surface area contributed by atoms with E-state index in [4.69, 9.17) is 4.74 Å².